The van der Waals surface area contributed by atoms with Crippen molar-refractivity contribution in [3.8, 4) is 0 Å². The van der Waals surface area contributed by atoms with E-state index in [-0.39, 0.29) is 5.41 Å². The van der Waals surface area contributed by atoms with Crippen LogP contribution in [0.15, 0.2) is 0 Å². The lowest BCUT2D eigenvalue weighted by Crippen LogP contribution is -2.42. The highest BCUT2D eigenvalue weighted by atomic mass is 32.1. The highest BCUT2D eigenvalue weighted by Crippen LogP contribution is 2.50. The Balaban J connectivity index is 1.90. The molecule has 98 valence electrons. The average molecular weight is 255 g/mol. The SMILES string of the molecule is CCN(C(=O)CC1(CS)CC1)C1CCCCC1. The molecule has 0 spiro atoms. The van der Waals surface area contributed by atoms with Gasteiger partial charge in [-0.1, -0.05) is 19.3 Å². The molecule has 1 amide bonds. The third kappa shape index (κ3) is 3.18. The van der Waals surface area contributed by atoms with Crippen molar-refractivity contribution in [2.24, 2.45) is 5.41 Å². The third-order valence-corrected chi connectivity index (χ3v) is 5.17. The van der Waals surface area contributed by atoms with E-state index in [9.17, 15) is 4.79 Å². The minimum atomic E-state index is 0.266. The zero-order valence-electron chi connectivity index (χ0n) is 11.0. The van der Waals surface area contributed by atoms with E-state index in [1.165, 1.54) is 44.9 Å². The van der Waals surface area contributed by atoms with Crippen LogP contribution in [0, 0.1) is 5.41 Å². The lowest BCUT2D eigenvalue weighted by Gasteiger charge is -2.34. The van der Waals surface area contributed by atoms with Gasteiger partial charge in [-0.15, -0.1) is 0 Å². The fraction of sp³-hybridized carbons (Fsp3) is 0.929. The summed E-state index contributed by atoms with van der Waals surface area (Å²) in [5.41, 5.74) is 0.266. The van der Waals surface area contributed by atoms with E-state index in [4.69, 9.17) is 0 Å². The first-order valence-electron chi connectivity index (χ1n) is 7.11. The maximum atomic E-state index is 12.4. The molecule has 3 heteroatoms. The third-order valence-electron chi connectivity index (χ3n) is 4.50. The molecule has 0 radical (unpaired) electrons. The molecule has 2 nitrogen and oxygen atoms in total. The van der Waals surface area contributed by atoms with Gasteiger partial charge in [0.15, 0.2) is 0 Å². The van der Waals surface area contributed by atoms with Crippen molar-refractivity contribution in [2.75, 3.05) is 12.3 Å². The molecule has 0 saturated heterocycles. The molecule has 2 rings (SSSR count). The van der Waals surface area contributed by atoms with Gasteiger partial charge in [0.25, 0.3) is 0 Å². The van der Waals surface area contributed by atoms with Crippen LogP contribution < -0.4 is 0 Å². The predicted molar refractivity (Wildman–Crippen MR) is 74.4 cm³/mol. The highest BCUT2D eigenvalue weighted by Gasteiger charge is 2.44. The number of carbonyl (C=O) groups is 1. The molecule has 0 atom stereocenters. The Hall–Kier alpha value is -0.180. The maximum Gasteiger partial charge on any atom is 0.223 e. The first-order valence-corrected chi connectivity index (χ1v) is 7.74. The Morgan fingerprint density at radius 2 is 1.94 bits per heavy atom. The summed E-state index contributed by atoms with van der Waals surface area (Å²) in [5.74, 6) is 1.26. The molecule has 0 aliphatic heterocycles. The summed E-state index contributed by atoms with van der Waals surface area (Å²) in [6, 6.07) is 0.525. The largest absolute Gasteiger partial charge is 0.340 e. The molecule has 0 aromatic rings. The second-order valence-electron chi connectivity index (χ2n) is 5.81. The minimum Gasteiger partial charge on any atom is -0.340 e. The van der Waals surface area contributed by atoms with Crippen LogP contribution in [0.3, 0.4) is 0 Å². The molecule has 0 aromatic heterocycles. The van der Waals surface area contributed by atoms with Gasteiger partial charge < -0.3 is 4.90 Å². The van der Waals surface area contributed by atoms with E-state index in [0.29, 0.717) is 11.9 Å². The minimum absolute atomic E-state index is 0.266. The fourth-order valence-electron chi connectivity index (χ4n) is 3.02. The smallest absolute Gasteiger partial charge is 0.223 e. The van der Waals surface area contributed by atoms with Crippen LogP contribution in [-0.2, 0) is 4.79 Å². The molecular weight excluding hydrogens is 230 g/mol. The lowest BCUT2D eigenvalue weighted by molar-refractivity contribution is -0.135. The van der Waals surface area contributed by atoms with Crippen molar-refractivity contribution < 1.29 is 4.79 Å². The summed E-state index contributed by atoms with van der Waals surface area (Å²) < 4.78 is 0. The number of rotatable bonds is 5. The van der Waals surface area contributed by atoms with Crippen molar-refractivity contribution in [2.45, 2.75) is 64.3 Å². The van der Waals surface area contributed by atoms with Crippen molar-refractivity contribution in [3.63, 3.8) is 0 Å². The Morgan fingerprint density at radius 1 is 1.29 bits per heavy atom. The molecule has 17 heavy (non-hydrogen) atoms. The van der Waals surface area contributed by atoms with Crippen LogP contribution >= 0.6 is 12.6 Å². The summed E-state index contributed by atoms with van der Waals surface area (Å²) in [5, 5.41) is 0. The molecular formula is C14H25NOS. The molecule has 0 N–H and O–H groups in total. The van der Waals surface area contributed by atoms with E-state index in [0.717, 1.165) is 18.7 Å². The van der Waals surface area contributed by atoms with Gasteiger partial charge in [-0.2, -0.15) is 12.6 Å². The number of amides is 1. The molecule has 0 unspecified atom stereocenters. The number of hydrogen-bond donors (Lipinski definition) is 1. The van der Waals surface area contributed by atoms with Crippen LogP contribution in [0.4, 0.5) is 0 Å². The number of carbonyl (C=O) groups excluding carboxylic acids is 1. The predicted octanol–water partition coefficient (Wildman–Crippen LogP) is 3.27. The van der Waals surface area contributed by atoms with E-state index in [2.05, 4.69) is 24.5 Å². The quantitative estimate of drug-likeness (QED) is 0.748. The van der Waals surface area contributed by atoms with Crippen molar-refractivity contribution in [1.82, 2.24) is 4.90 Å². The first kappa shape index (κ1) is 13.3. The summed E-state index contributed by atoms with van der Waals surface area (Å²) >= 11 is 4.39. The van der Waals surface area contributed by atoms with Gasteiger partial charge in [0.1, 0.15) is 0 Å². The molecule has 0 aromatic carbocycles. The van der Waals surface area contributed by atoms with Crippen LogP contribution in [0.5, 0.6) is 0 Å². The molecule has 0 bridgehead atoms. The van der Waals surface area contributed by atoms with E-state index in [1.54, 1.807) is 0 Å². The van der Waals surface area contributed by atoms with E-state index in [1.807, 2.05) is 0 Å². The van der Waals surface area contributed by atoms with Crippen LogP contribution in [-0.4, -0.2) is 29.1 Å². The Bertz CT molecular complexity index is 269. The van der Waals surface area contributed by atoms with Gasteiger partial charge in [-0.05, 0) is 43.8 Å². The monoisotopic (exact) mass is 255 g/mol. The van der Waals surface area contributed by atoms with Gasteiger partial charge >= 0.3 is 0 Å². The summed E-state index contributed by atoms with van der Waals surface area (Å²) in [6.45, 7) is 3.00. The van der Waals surface area contributed by atoms with Gasteiger partial charge in [-0.25, -0.2) is 0 Å². The van der Waals surface area contributed by atoms with E-state index < -0.39 is 0 Å². The molecule has 2 aliphatic rings. The van der Waals surface area contributed by atoms with Crippen LogP contribution in [0.2, 0.25) is 0 Å². The van der Waals surface area contributed by atoms with Crippen LogP contribution in [0.25, 0.3) is 0 Å². The van der Waals surface area contributed by atoms with Gasteiger partial charge in [0, 0.05) is 19.0 Å². The van der Waals surface area contributed by atoms with Gasteiger partial charge in [0.2, 0.25) is 5.91 Å². The average Bonchev–Trinajstić information content (AvgIpc) is 3.12. The standard InChI is InChI=1S/C14H25NOS/c1-2-15(12-6-4-3-5-7-12)13(16)10-14(11-17)8-9-14/h12,17H,2-11H2,1H3. The lowest BCUT2D eigenvalue weighted by atomic mass is 9.93. The molecule has 2 fully saturated rings. The second kappa shape index (κ2) is 5.64. The van der Waals surface area contributed by atoms with Crippen molar-refractivity contribution in [1.29, 1.82) is 0 Å². The van der Waals surface area contributed by atoms with Crippen molar-refractivity contribution in [3.05, 3.63) is 0 Å². The zero-order chi connectivity index (χ0) is 12.3. The Labute approximate surface area is 111 Å². The molecule has 2 aliphatic carbocycles. The number of thiol groups is 1. The summed E-state index contributed by atoms with van der Waals surface area (Å²) in [6.07, 6.45) is 9.51. The summed E-state index contributed by atoms with van der Waals surface area (Å²) in [4.78, 5) is 14.5. The van der Waals surface area contributed by atoms with Gasteiger partial charge in [-0.3, -0.25) is 4.79 Å². The highest BCUT2D eigenvalue weighted by molar-refractivity contribution is 7.80. The normalized spacial score (nSPS) is 23.4. The van der Waals surface area contributed by atoms with Gasteiger partial charge in [0.05, 0.1) is 0 Å². The molecule has 2 saturated carbocycles. The summed E-state index contributed by atoms with van der Waals surface area (Å²) in [7, 11) is 0. The first-order chi connectivity index (χ1) is 8.21. The second-order valence-corrected chi connectivity index (χ2v) is 6.12. The Kier molecular flexibility index (Phi) is 4.40. The molecule has 0 heterocycles. The fourth-order valence-corrected chi connectivity index (χ4v) is 3.45. The Morgan fingerprint density at radius 3 is 2.41 bits per heavy atom. The van der Waals surface area contributed by atoms with Crippen molar-refractivity contribution >= 4 is 18.5 Å². The van der Waals surface area contributed by atoms with Crippen LogP contribution in [0.1, 0.15) is 58.3 Å². The maximum absolute atomic E-state index is 12.4. The number of nitrogens with zero attached hydrogens (tertiary/aromatic N) is 1. The van der Waals surface area contributed by atoms with E-state index >= 15 is 0 Å². The zero-order valence-corrected chi connectivity index (χ0v) is 11.8. The topological polar surface area (TPSA) is 20.3 Å². The number of hydrogen-bond acceptors (Lipinski definition) is 2.